The Bertz CT molecular complexity index is 1190. The number of aromatic nitrogens is 2. The molecule has 8 nitrogen and oxygen atoms in total. The molecule has 2 N–H and O–H groups in total. The van der Waals surface area contributed by atoms with Gasteiger partial charge in [0.2, 0.25) is 0 Å². The Morgan fingerprint density at radius 2 is 1.92 bits per heavy atom. The first-order chi connectivity index (χ1) is 18.0. The van der Waals surface area contributed by atoms with Gasteiger partial charge < -0.3 is 15.0 Å². The molecule has 1 saturated heterocycles. The Balaban J connectivity index is 1.57. The summed E-state index contributed by atoms with van der Waals surface area (Å²) in [4.78, 5) is 36.8. The zero-order valence-electron chi connectivity index (χ0n) is 23.8. The summed E-state index contributed by atoms with van der Waals surface area (Å²) in [6.45, 7) is 17.0. The van der Waals surface area contributed by atoms with Crippen molar-refractivity contribution in [2.75, 3.05) is 44.6 Å². The van der Waals surface area contributed by atoms with Crippen LogP contribution in [0.4, 0.5) is 5.69 Å². The SMILES string of the molecule is CCOC(=O)CN1CCN(C(C)(C)c2ccc(NC(=O)c3nc(C)c[nH]3)c(C3=CCC(C)(C)CC3)c2)CC1. The van der Waals surface area contributed by atoms with Crippen LogP contribution in [0.25, 0.3) is 5.57 Å². The maximum Gasteiger partial charge on any atom is 0.320 e. The molecule has 8 heteroatoms. The minimum atomic E-state index is -0.235. The molecule has 2 heterocycles. The average molecular weight is 522 g/mol. The summed E-state index contributed by atoms with van der Waals surface area (Å²) in [6, 6.07) is 6.43. The fourth-order valence-electron chi connectivity index (χ4n) is 5.37. The zero-order valence-corrected chi connectivity index (χ0v) is 23.8. The normalized spacial score (nSPS) is 18.6. The number of carbonyl (C=O) groups excluding carboxylic acids is 2. The largest absolute Gasteiger partial charge is 0.465 e. The van der Waals surface area contributed by atoms with E-state index in [0.717, 1.165) is 62.4 Å². The molecule has 1 fully saturated rings. The molecule has 1 aromatic heterocycles. The van der Waals surface area contributed by atoms with Gasteiger partial charge in [0.1, 0.15) is 0 Å². The highest BCUT2D eigenvalue weighted by Crippen LogP contribution is 2.41. The van der Waals surface area contributed by atoms with Crippen molar-refractivity contribution >= 4 is 23.1 Å². The Labute approximate surface area is 226 Å². The summed E-state index contributed by atoms with van der Waals surface area (Å²) >= 11 is 0. The highest BCUT2D eigenvalue weighted by molar-refractivity contribution is 6.03. The van der Waals surface area contributed by atoms with Gasteiger partial charge in [-0.1, -0.05) is 26.0 Å². The van der Waals surface area contributed by atoms with Gasteiger partial charge in [0, 0.05) is 49.2 Å². The van der Waals surface area contributed by atoms with E-state index in [1.165, 1.54) is 11.1 Å². The monoisotopic (exact) mass is 521 g/mol. The standard InChI is InChI=1S/C30H43N5O3/c1-7-38-26(36)20-34-14-16-35(17-15-34)30(5,6)23-8-9-25(33-28(37)27-31-19-21(2)32-27)24(18-23)22-10-12-29(3,4)13-11-22/h8-10,18-19H,7,11-17,20H2,1-6H3,(H,31,32)(H,33,37). The Hall–Kier alpha value is -2.97. The van der Waals surface area contributed by atoms with Gasteiger partial charge >= 0.3 is 5.97 Å². The summed E-state index contributed by atoms with van der Waals surface area (Å²) in [5.74, 6) is -0.0748. The molecule has 0 bridgehead atoms. The van der Waals surface area contributed by atoms with Crippen LogP contribution in [-0.2, 0) is 15.1 Å². The van der Waals surface area contributed by atoms with E-state index in [9.17, 15) is 9.59 Å². The Morgan fingerprint density at radius 3 is 2.53 bits per heavy atom. The molecule has 0 radical (unpaired) electrons. The number of carbonyl (C=O) groups is 2. The second-order valence-electron chi connectivity index (χ2n) is 11.8. The Morgan fingerprint density at radius 1 is 1.18 bits per heavy atom. The fraction of sp³-hybridized carbons (Fsp3) is 0.567. The lowest BCUT2D eigenvalue weighted by Gasteiger charge is -2.44. The van der Waals surface area contributed by atoms with Gasteiger partial charge in [0.25, 0.3) is 5.91 Å². The minimum Gasteiger partial charge on any atom is -0.465 e. The van der Waals surface area contributed by atoms with Crippen LogP contribution in [0.2, 0.25) is 0 Å². The fourth-order valence-corrected chi connectivity index (χ4v) is 5.37. The van der Waals surface area contributed by atoms with E-state index in [0.29, 0.717) is 24.4 Å². The summed E-state index contributed by atoms with van der Waals surface area (Å²) < 4.78 is 5.12. The van der Waals surface area contributed by atoms with E-state index in [1.54, 1.807) is 6.20 Å². The third-order valence-corrected chi connectivity index (χ3v) is 8.03. The number of piperazine rings is 1. The van der Waals surface area contributed by atoms with Crippen LogP contribution >= 0.6 is 0 Å². The number of anilines is 1. The maximum atomic E-state index is 13.0. The van der Waals surface area contributed by atoms with Gasteiger partial charge in [-0.3, -0.25) is 19.4 Å². The molecule has 206 valence electrons. The molecule has 2 aliphatic rings. The number of hydrogen-bond donors (Lipinski definition) is 2. The number of imidazole rings is 1. The number of amides is 1. The molecular weight excluding hydrogens is 478 g/mol. The zero-order chi connectivity index (χ0) is 27.5. The molecule has 2 aromatic rings. The van der Waals surface area contributed by atoms with E-state index in [1.807, 2.05) is 19.9 Å². The second kappa shape index (κ2) is 11.4. The van der Waals surface area contributed by atoms with Crippen molar-refractivity contribution in [1.29, 1.82) is 0 Å². The van der Waals surface area contributed by atoms with Gasteiger partial charge in [0.05, 0.1) is 18.8 Å². The van der Waals surface area contributed by atoms with Gasteiger partial charge in [-0.2, -0.15) is 0 Å². The highest BCUT2D eigenvalue weighted by atomic mass is 16.5. The number of aryl methyl sites for hydroxylation is 1. The average Bonchev–Trinajstić information content (AvgIpc) is 3.31. The third-order valence-electron chi connectivity index (χ3n) is 8.03. The number of benzene rings is 1. The van der Waals surface area contributed by atoms with Crippen molar-refractivity contribution in [3.05, 3.63) is 53.1 Å². The van der Waals surface area contributed by atoms with Gasteiger partial charge in [0.15, 0.2) is 5.82 Å². The van der Waals surface area contributed by atoms with Crippen LogP contribution < -0.4 is 5.32 Å². The Kier molecular flexibility index (Phi) is 8.43. The van der Waals surface area contributed by atoms with Crippen molar-refractivity contribution in [2.45, 2.75) is 66.3 Å². The number of rotatable bonds is 8. The molecule has 1 amide bonds. The molecule has 38 heavy (non-hydrogen) atoms. The summed E-state index contributed by atoms with van der Waals surface area (Å²) in [7, 11) is 0. The first-order valence-corrected chi connectivity index (χ1v) is 13.8. The second-order valence-corrected chi connectivity index (χ2v) is 11.8. The van der Waals surface area contributed by atoms with E-state index < -0.39 is 0 Å². The molecular formula is C30H43N5O3. The maximum absolute atomic E-state index is 13.0. The topological polar surface area (TPSA) is 90.6 Å². The molecule has 0 spiro atoms. The van der Waals surface area contributed by atoms with Crippen LogP contribution in [0.3, 0.4) is 0 Å². The van der Waals surface area contributed by atoms with Crippen LogP contribution in [0, 0.1) is 12.3 Å². The van der Waals surface area contributed by atoms with Crippen molar-refractivity contribution in [3.8, 4) is 0 Å². The lowest BCUT2D eigenvalue weighted by Crippen LogP contribution is -2.54. The van der Waals surface area contributed by atoms with Gasteiger partial charge in [-0.25, -0.2) is 4.98 Å². The molecule has 0 unspecified atom stereocenters. The lowest BCUT2D eigenvalue weighted by molar-refractivity contribution is -0.145. The first-order valence-electron chi connectivity index (χ1n) is 13.8. The molecule has 1 aromatic carbocycles. The van der Waals surface area contributed by atoms with Gasteiger partial charge in [-0.15, -0.1) is 0 Å². The number of ether oxygens (including phenoxy) is 1. The summed E-state index contributed by atoms with van der Waals surface area (Å²) in [6.07, 6.45) is 7.19. The van der Waals surface area contributed by atoms with E-state index in [2.05, 4.69) is 71.0 Å². The molecule has 0 atom stereocenters. The highest BCUT2D eigenvalue weighted by Gasteiger charge is 2.33. The van der Waals surface area contributed by atoms with E-state index in [4.69, 9.17) is 4.74 Å². The van der Waals surface area contributed by atoms with Crippen LogP contribution in [0.15, 0.2) is 30.5 Å². The number of nitrogens with one attached hydrogen (secondary N) is 2. The smallest absolute Gasteiger partial charge is 0.320 e. The number of aromatic amines is 1. The molecule has 4 rings (SSSR count). The quantitative estimate of drug-likeness (QED) is 0.476. The molecule has 1 aliphatic heterocycles. The number of H-pyrrole nitrogens is 1. The molecule has 0 saturated carbocycles. The minimum absolute atomic E-state index is 0.156. The number of allylic oxidation sites excluding steroid dienone is 2. The number of nitrogens with zero attached hydrogens (tertiary/aromatic N) is 3. The third kappa shape index (κ3) is 6.53. The van der Waals surface area contributed by atoms with E-state index in [-0.39, 0.29) is 17.4 Å². The number of hydrogen-bond acceptors (Lipinski definition) is 6. The number of esters is 1. The van der Waals surface area contributed by atoms with Crippen molar-refractivity contribution in [2.24, 2.45) is 5.41 Å². The van der Waals surface area contributed by atoms with Crippen LogP contribution in [0.5, 0.6) is 0 Å². The van der Waals surface area contributed by atoms with Crippen molar-refractivity contribution in [1.82, 2.24) is 19.8 Å². The molecule has 1 aliphatic carbocycles. The lowest BCUT2D eigenvalue weighted by atomic mass is 9.76. The van der Waals surface area contributed by atoms with Crippen LogP contribution in [0.1, 0.15) is 81.3 Å². The first kappa shape index (κ1) is 28.0. The summed E-state index contributed by atoms with van der Waals surface area (Å²) in [5, 5.41) is 3.11. The van der Waals surface area contributed by atoms with E-state index >= 15 is 0 Å². The predicted octanol–water partition coefficient (Wildman–Crippen LogP) is 4.98. The van der Waals surface area contributed by atoms with Crippen molar-refractivity contribution in [3.63, 3.8) is 0 Å². The van der Waals surface area contributed by atoms with Gasteiger partial charge in [-0.05, 0) is 75.6 Å². The predicted molar refractivity (Wildman–Crippen MR) is 151 cm³/mol. The van der Waals surface area contributed by atoms with Crippen LogP contribution in [-0.4, -0.2) is 71.0 Å². The summed E-state index contributed by atoms with van der Waals surface area (Å²) in [5.41, 5.74) is 5.26. The van der Waals surface area contributed by atoms with Crippen molar-refractivity contribution < 1.29 is 14.3 Å².